The molecule has 0 amide bonds. The Balaban J connectivity index is 2.02. The second-order valence-corrected chi connectivity index (χ2v) is 5.09. The van der Waals surface area contributed by atoms with Gasteiger partial charge in [0.1, 0.15) is 12.1 Å². The van der Waals surface area contributed by atoms with E-state index in [1.54, 1.807) is 18.2 Å². The Morgan fingerprint density at radius 1 is 1.17 bits per heavy atom. The highest BCUT2D eigenvalue weighted by atomic mass is 19.1. The van der Waals surface area contributed by atoms with Crippen molar-refractivity contribution in [2.24, 2.45) is 0 Å². The number of fused-ring (bicyclic) bond motifs is 1. The third kappa shape index (κ3) is 2.94. The van der Waals surface area contributed by atoms with Crippen LogP contribution in [0.4, 0.5) is 4.39 Å². The average molecular weight is 317 g/mol. The van der Waals surface area contributed by atoms with Gasteiger partial charge < -0.3 is 19.6 Å². The first-order chi connectivity index (χ1) is 11.1. The summed E-state index contributed by atoms with van der Waals surface area (Å²) in [6.45, 7) is 0. The van der Waals surface area contributed by atoms with Crippen LogP contribution in [0.1, 0.15) is 12.8 Å². The van der Waals surface area contributed by atoms with Crippen LogP contribution < -0.4 is 14.2 Å². The molecule has 1 atom stereocenters. The van der Waals surface area contributed by atoms with Gasteiger partial charge in [-0.15, -0.1) is 0 Å². The van der Waals surface area contributed by atoms with Gasteiger partial charge in [0.15, 0.2) is 17.7 Å². The number of allylic oxidation sites excluding steroid dienone is 2. The molecule has 0 fully saturated rings. The Hall–Kier alpha value is -2.70. The zero-order valence-corrected chi connectivity index (χ0v) is 12.8. The van der Waals surface area contributed by atoms with Crippen LogP contribution in [-0.2, 0) is 0 Å². The molecule has 0 spiro atoms. The molecule has 1 heterocycles. The van der Waals surface area contributed by atoms with Gasteiger partial charge in [0.2, 0.25) is 5.88 Å². The van der Waals surface area contributed by atoms with E-state index in [2.05, 4.69) is 9.97 Å². The smallest absolute Gasteiger partial charge is 0.230 e. The van der Waals surface area contributed by atoms with Crippen LogP contribution in [0, 0.1) is 5.41 Å². The maximum Gasteiger partial charge on any atom is 0.230 e. The normalized spacial score (nSPS) is 17.8. The maximum absolute atomic E-state index is 14.0. The van der Waals surface area contributed by atoms with Crippen molar-refractivity contribution in [3.8, 4) is 17.4 Å². The molecule has 1 unspecified atom stereocenters. The number of nitrogens with one attached hydrogen (secondary N) is 1. The number of aromatic nitrogens is 2. The first kappa shape index (κ1) is 15.2. The highest BCUT2D eigenvalue weighted by Gasteiger charge is 2.23. The summed E-state index contributed by atoms with van der Waals surface area (Å²) in [5, 5.41) is 8.12. The second kappa shape index (κ2) is 6.20. The van der Waals surface area contributed by atoms with Crippen LogP contribution in [0.15, 0.2) is 30.3 Å². The molecule has 0 bridgehead atoms. The highest BCUT2D eigenvalue weighted by molar-refractivity contribution is 5.87. The lowest BCUT2D eigenvalue weighted by atomic mass is 10.0. The van der Waals surface area contributed by atoms with Crippen molar-refractivity contribution in [2.45, 2.75) is 19.0 Å². The molecule has 3 rings (SSSR count). The molecule has 0 saturated heterocycles. The van der Waals surface area contributed by atoms with Crippen LogP contribution in [0.3, 0.4) is 0 Å². The Bertz CT molecular complexity index is 791. The van der Waals surface area contributed by atoms with Crippen molar-refractivity contribution in [2.75, 3.05) is 14.2 Å². The zero-order valence-electron chi connectivity index (χ0n) is 12.8. The van der Waals surface area contributed by atoms with E-state index in [0.29, 0.717) is 34.5 Å². The molecule has 0 radical (unpaired) electrons. The molecule has 1 N–H and O–H groups in total. The molecule has 1 aromatic heterocycles. The predicted molar refractivity (Wildman–Crippen MR) is 83.2 cm³/mol. The molecule has 23 heavy (non-hydrogen) atoms. The van der Waals surface area contributed by atoms with E-state index >= 15 is 0 Å². The quantitative estimate of drug-likeness (QED) is 0.937. The largest absolute Gasteiger partial charge is 0.493 e. The molecule has 120 valence electrons. The fourth-order valence-electron chi connectivity index (χ4n) is 2.41. The number of nitrogens with zero attached hydrogens (tertiary/aromatic N) is 2. The lowest BCUT2D eigenvalue weighted by Crippen LogP contribution is -2.20. The number of hydrogen-bond donors (Lipinski definition) is 1. The van der Waals surface area contributed by atoms with Crippen LogP contribution in [0.25, 0.3) is 10.9 Å². The lowest BCUT2D eigenvalue weighted by molar-refractivity contribution is 0.268. The average Bonchev–Trinajstić information content (AvgIpc) is 2.56. The molecule has 1 aromatic carbocycles. The fourth-order valence-corrected chi connectivity index (χ4v) is 2.41. The van der Waals surface area contributed by atoms with E-state index in [0.717, 1.165) is 0 Å². The van der Waals surface area contributed by atoms with E-state index in [1.165, 1.54) is 20.5 Å². The molecule has 0 aliphatic heterocycles. The summed E-state index contributed by atoms with van der Waals surface area (Å²) in [5.41, 5.74) is 0.955. The zero-order chi connectivity index (χ0) is 16.4. The number of methoxy groups -OCH3 is 2. The van der Waals surface area contributed by atoms with E-state index in [-0.39, 0.29) is 18.1 Å². The van der Waals surface area contributed by atoms with Crippen molar-refractivity contribution < 1.29 is 18.6 Å². The summed E-state index contributed by atoms with van der Waals surface area (Å²) < 4.78 is 30.2. The van der Waals surface area contributed by atoms with Gasteiger partial charge in [-0.25, -0.2) is 14.4 Å². The highest BCUT2D eigenvalue weighted by Crippen LogP contribution is 2.35. The Labute approximate surface area is 132 Å². The Morgan fingerprint density at radius 3 is 2.61 bits per heavy atom. The Kier molecular flexibility index (Phi) is 4.10. The number of ether oxygens (including phenoxy) is 3. The Morgan fingerprint density at radius 2 is 1.91 bits per heavy atom. The van der Waals surface area contributed by atoms with Gasteiger partial charge in [0, 0.05) is 24.6 Å². The van der Waals surface area contributed by atoms with Crippen molar-refractivity contribution in [3.05, 3.63) is 30.3 Å². The molecule has 7 heteroatoms. The first-order valence-corrected chi connectivity index (χ1v) is 7.07. The summed E-state index contributed by atoms with van der Waals surface area (Å²) in [6.07, 6.45) is 2.02. The van der Waals surface area contributed by atoms with E-state index in [1.807, 2.05) is 0 Å². The van der Waals surface area contributed by atoms with Gasteiger partial charge in [0.25, 0.3) is 0 Å². The molecular weight excluding hydrogens is 301 g/mol. The minimum atomic E-state index is -1.33. The molecule has 1 aliphatic carbocycles. The standard InChI is InChI=1S/C16H16FN3O3/c1-21-14-6-10-12(7-15(14)22-2)19-8-20-16(10)23-13-4-3-9(18)5-11(13)17/h4,6-8,11,18H,3,5H2,1-2H3. The van der Waals surface area contributed by atoms with Crippen molar-refractivity contribution in [3.63, 3.8) is 0 Å². The van der Waals surface area contributed by atoms with Crippen LogP contribution >= 0.6 is 0 Å². The summed E-state index contributed by atoms with van der Waals surface area (Å²) in [4.78, 5) is 8.27. The number of halogens is 1. The van der Waals surface area contributed by atoms with E-state index < -0.39 is 6.17 Å². The monoisotopic (exact) mass is 317 g/mol. The number of alkyl halides is 1. The molecule has 1 aliphatic rings. The van der Waals surface area contributed by atoms with Gasteiger partial charge in [-0.1, -0.05) is 0 Å². The fraction of sp³-hybridized carbons (Fsp3) is 0.312. The van der Waals surface area contributed by atoms with Gasteiger partial charge in [-0.3, -0.25) is 0 Å². The lowest BCUT2D eigenvalue weighted by Gasteiger charge is -2.19. The molecule has 6 nitrogen and oxygen atoms in total. The topological polar surface area (TPSA) is 77.3 Å². The van der Waals surface area contributed by atoms with Gasteiger partial charge in [-0.05, 0) is 12.1 Å². The first-order valence-electron chi connectivity index (χ1n) is 7.07. The maximum atomic E-state index is 14.0. The summed E-state index contributed by atoms with van der Waals surface area (Å²) in [5.74, 6) is 1.48. The van der Waals surface area contributed by atoms with Crippen LogP contribution in [0.2, 0.25) is 0 Å². The van der Waals surface area contributed by atoms with E-state index in [9.17, 15) is 4.39 Å². The van der Waals surface area contributed by atoms with Crippen LogP contribution in [-0.4, -0.2) is 36.1 Å². The molecule has 0 saturated carbocycles. The third-order valence-electron chi connectivity index (χ3n) is 3.60. The van der Waals surface area contributed by atoms with Crippen molar-refractivity contribution in [1.29, 1.82) is 5.41 Å². The summed E-state index contributed by atoms with van der Waals surface area (Å²) in [7, 11) is 3.07. The third-order valence-corrected chi connectivity index (χ3v) is 3.60. The van der Waals surface area contributed by atoms with Crippen molar-refractivity contribution in [1.82, 2.24) is 9.97 Å². The van der Waals surface area contributed by atoms with Gasteiger partial charge in [-0.2, -0.15) is 0 Å². The summed E-state index contributed by atoms with van der Waals surface area (Å²) >= 11 is 0. The van der Waals surface area contributed by atoms with Crippen LogP contribution in [0.5, 0.6) is 17.4 Å². The summed E-state index contributed by atoms with van der Waals surface area (Å²) in [6, 6.07) is 3.41. The second-order valence-electron chi connectivity index (χ2n) is 5.09. The van der Waals surface area contributed by atoms with Gasteiger partial charge >= 0.3 is 0 Å². The van der Waals surface area contributed by atoms with Gasteiger partial charge in [0.05, 0.1) is 25.1 Å². The predicted octanol–water partition coefficient (Wildman–Crippen LogP) is 3.06. The molecular formula is C16H16FN3O3. The van der Waals surface area contributed by atoms with Crippen molar-refractivity contribution >= 4 is 16.6 Å². The SMILES string of the molecule is COc1cc2ncnc(OC3=CCC(=N)CC3F)c2cc1OC. The number of rotatable bonds is 4. The number of benzene rings is 1. The van der Waals surface area contributed by atoms with E-state index in [4.69, 9.17) is 19.6 Å². The minimum Gasteiger partial charge on any atom is -0.493 e. The molecule has 2 aromatic rings. The minimum absolute atomic E-state index is 0.0476. The number of hydrogen-bond acceptors (Lipinski definition) is 6.